The predicted molar refractivity (Wildman–Crippen MR) is 52.6 cm³/mol. The standard InChI is InChI=1S/C10H10F2O5/c1-17-7-3-5(2-6(13)8(7)14)4-10(11,12)9(15)16/h2-3,13-14H,4H2,1H3,(H,15,16). The number of carboxylic acids is 1. The molecule has 0 aliphatic heterocycles. The normalized spacial score (nSPS) is 11.2. The zero-order chi connectivity index (χ0) is 13.2. The van der Waals surface area contributed by atoms with E-state index in [4.69, 9.17) is 5.11 Å². The molecule has 1 aromatic rings. The summed E-state index contributed by atoms with van der Waals surface area (Å²) >= 11 is 0. The van der Waals surface area contributed by atoms with Crippen molar-refractivity contribution in [3.05, 3.63) is 17.7 Å². The lowest BCUT2D eigenvalue weighted by Gasteiger charge is -2.13. The van der Waals surface area contributed by atoms with Crippen molar-refractivity contribution in [1.29, 1.82) is 0 Å². The van der Waals surface area contributed by atoms with Crippen LogP contribution in [0.5, 0.6) is 17.2 Å². The lowest BCUT2D eigenvalue weighted by atomic mass is 10.1. The minimum absolute atomic E-state index is 0.162. The van der Waals surface area contributed by atoms with Crippen LogP contribution in [-0.4, -0.2) is 34.3 Å². The Hall–Kier alpha value is -2.05. The van der Waals surface area contributed by atoms with Gasteiger partial charge < -0.3 is 20.1 Å². The first-order valence-electron chi connectivity index (χ1n) is 4.48. The highest BCUT2D eigenvalue weighted by Gasteiger charge is 2.39. The van der Waals surface area contributed by atoms with Crippen molar-refractivity contribution < 1.29 is 33.6 Å². The number of aromatic hydroxyl groups is 2. The lowest BCUT2D eigenvalue weighted by Crippen LogP contribution is -2.30. The Balaban J connectivity index is 3.09. The van der Waals surface area contributed by atoms with Crippen molar-refractivity contribution in [3.8, 4) is 17.2 Å². The van der Waals surface area contributed by atoms with Gasteiger partial charge in [-0.15, -0.1) is 0 Å². The van der Waals surface area contributed by atoms with E-state index in [0.29, 0.717) is 0 Å². The Kier molecular flexibility index (Phi) is 3.40. The van der Waals surface area contributed by atoms with Crippen molar-refractivity contribution in [2.75, 3.05) is 7.11 Å². The SMILES string of the molecule is COc1cc(CC(F)(F)C(=O)O)cc(O)c1O. The first kappa shape index (κ1) is 13.0. The lowest BCUT2D eigenvalue weighted by molar-refractivity contribution is -0.164. The summed E-state index contributed by atoms with van der Waals surface area (Å²) in [7, 11) is 1.17. The number of rotatable bonds is 4. The molecule has 0 spiro atoms. The molecule has 0 aliphatic carbocycles. The number of aliphatic carboxylic acids is 1. The van der Waals surface area contributed by atoms with E-state index < -0.39 is 29.8 Å². The van der Waals surface area contributed by atoms with Crippen molar-refractivity contribution in [2.45, 2.75) is 12.3 Å². The number of benzene rings is 1. The average molecular weight is 248 g/mol. The highest BCUT2D eigenvalue weighted by molar-refractivity contribution is 5.75. The second kappa shape index (κ2) is 4.44. The van der Waals surface area contributed by atoms with E-state index in [1.807, 2.05) is 0 Å². The largest absolute Gasteiger partial charge is 0.504 e. The molecule has 0 aliphatic rings. The van der Waals surface area contributed by atoms with E-state index in [-0.39, 0.29) is 11.3 Å². The van der Waals surface area contributed by atoms with Gasteiger partial charge in [0.05, 0.1) is 7.11 Å². The van der Waals surface area contributed by atoms with Gasteiger partial charge in [0.2, 0.25) is 5.75 Å². The first-order chi connectivity index (χ1) is 7.77. The van der Waals surface area contributed by atoms with Crippen LogP contribution in [0.2, 0.25) is 0 Å². The topological polar surface area (TPSA) is 87.0 Å². The molecule has 0 aromatic heterocycles. The minimum atomic E-state index is -3.95. The van der Waals surface area contributed by atoms with E-state index in [1.54, 1.807) is 0 Å². The second-order valence-electron chi connectivity index (χ2n) is 3.35. The van der Waals surface area contributed by atoms with Gasteiger partial charge in [-0.2, -0.15) is 8.78 Å². The van der Waals surface area contributed by atoms with Crippen molar-refractivity contribution in [3.63, 3.8) is 0 Å². The third-order valence-electron chi connectivity index (χ3n) is 2.07. The second-order valence-corrected chi connectivity index (χ2v) is 3.35. The zero-order valence-corrected chi connectivity index (χ0v) is 8.78. The van der Waals surface area contributed by atoms with Gasteiger partial charge in [-0.25, -0.2) is 4.79 Å². The maximum absolute atomic E-state index is 12.9. The van der Waals surface area contributed by atoms with Crippen LogP contribution in [0.15, 0.2) is 12.1 Å². The molecule has 3 N–H and O–H groups in total. The molecule has 0 heterocycles. The Morgan fingerprint density at radius 2 is 2.00 bits per heavy atom. The molecular formula is C10H10F2O5. The number of carboxylic acid groups (broad SMARTS) is 1. The van der Waals surface area contributed by atoms with Gasteiger partial charge in [-0.3, -0.25) is 0 Å². The van der Waals surface area contributed by atoms with Crippen LogP contribution in [0.25, 0.3) is 0 Å². The van der Waals surface area contributed by atoms with Crippen LogP contribution < -0.4 is 4.74 Å². The average Bonchev–Trinajstić information content (AvgIpc) is 2.22. The maximum atomic E-state index is 12.9. The summed E-state index contributed by atoms with van der Waals surface area (Å²) in [4.78, 5) is 10.2. The fourth-order valence-corrected chi connectivity index (χ4v) is 1.24. The molecule has 0 saturated carbocycles. The number of methoxy groups -OCH3 is 1. The molecule has 5 nitrogen and oxygen atoms in total. The molecule has 0 radical (unpaired) electrons. The summed E-state index contributed by atoms with van der Waals surface area (Å²) in [6, 6.07) is 1.89. The summed E-state index contributed by atoms with van der Waals surface area (Å²) in [6.45, 7) is 0. The quantitative estimate of drug-likeness (QED) is 0.700. The Morgan fingerprint density at radius 3 is 2.47 bits per heavy atom. The minimum Gasteiger partial charge on any atom is -0.504 e. The molecule has 0 unspecified atom stereocenters. The van der Waals surface area contributed by atoms with E-state index in [9.17, 15) is 23.8 Å². The highest BCUT2D eigenvalue weighted by Crippen LogP contribution is 2.37. The predicted octanol–water partition coefficient (Wildman–Crippen LogP) is 1.37. The van der Waals surface area contributed by atoms with Crippen LogP contribution in [0.4, 0.5) is 8.78 Å². The van der Waals surface area contributed by atoms with E-state index in [1.165, 1.54) is 7.11 Å². The monoisotopic (exact) mass is 248 g/mol. The van der Waals surface area contributed by atoms with Crippen LogP contribution in [0, 0.1) is 0 Å². The molecule has 0 atom stereocenters. The van der Waals surface area contributed by atoms with Gasteiger partial charge in [-0.05, 0) is 17.7 Å². The summed E-state index contributed by atoms with van der Waals surface area (Å²) < 4.78 is 30.5. The number of hydrogen-bond donors (Lipinski definition) is 3. The molecule has 0 amide bonds. The van der Waals surface area contributed by atoms with E-state index >= 15 is 0 Å². The Morgan fingerprint density at radius 1 is 1.41 bits per heavy atom. The molecule has 94 valence electrons. The summed E-state index contributed by atoms with van der Waals surface area (Å²) in [5.74, 6) is -7.66. The van der Waals surface area contributed by atoms with Crippen molar-refractivity contribution >= 4 is 5.97 Å². The number of ether oxygens (including phenoxy) is 1. The third kappa shape index (κ3) is 2.74. The highest BCUT2D eigenvalue weighted by atomic mass is 19.3. The smallest absolute Gasteiger partial charge is 0.374 e. The zero-order valence-electron chi connectivity index (χ0n) is 8.78. The van der Waals surface area contributed by atoms with E-state index in [0.717, 1.165) is 12.1 Å². The van der Waals surface area contributed by atoms with Crippen LogP contribution in [0.3, 0.4) is 0 Å². The van der Waals surface area contributed by atoms with Crippen LogP contribution in [0.1, 0.15) is 5.56 Å². The fourth-order valence-electron chi connectivity index (χ4n) is 1.24. The third-order valence-corrected chi connectivity index (χ3v) is 2.07. The summed E-state index contributed by atoms with van der Waals surface area (Å²) in [5.41, 5.74) is -0.162. The maximum Gasteiger partial charge on any atom is 0.374 e. The molecule has 1 aromatic carbocycles. The van der Waals surface area contributed by atoms with Gasteiger partial charge >= 0.3 is 11.9 Å². The number of phenolic OH excluding ortho intramolecular Hbond substituents is 2. The number of hydrogen-bond acceptors (Lipinski definition) is 4. The molecule has 1 rings (SSSR count). The summed E-state index contributed by atoms with van der Waals surface area (Å²) in [6.07, 6.45) is -1.10. The first-order valence-corrected chi connectivity index (χ1v) is 4.48. The van der Waals surface area contributed by atoms with Crippen LogP contribution in [-0.2, 0) is 11.2 Å². The van der Waals surface area contributed by atoms with Gasteiger partial charge in [0.25, 0.3) is 0 Å². The molecule has 17 heavy (non-hydrogen) atoms. The number of phenols is 2. The molecule has 7 heteroatoms. The number of halogens is 2. The number of alkyl halides is 2. The fraction of sp³-hybridized carbons (Fsp3) is 0.300. The van der Waals surface area contributed by atoms with Gasteiger partial charge in [0, 0.05) is 6.42 Å². The Bertz CT molecular complexity index is 445. The number of carbonyl (C=O) groups is 1. The van der Waals surface area contributed by atoms with Crippen molar-refractivity contribution in [1.82, 2.24) is 0 Å². The molecule has 0 bridgehead atoms. The summed E-state index contributed by atoms with van der Waals surface area (Å²) in [5, 5.41) is 26.7. The van der Waals surface area contributed by atoms with Gasteiger partial charge in [-0.1, -0.05) is 0 Å². The van der Waals surface area contributed by atoms with Crippen LogP contribution >= 0.6 is 0 Å². The van der Waals surface area contributed by atoms with Gasteiger partial charge in [0.15, 0.2) is 11.5 Å². The van der Waals surface area contributed by atoms with Gasteiger partial charge in [0.1, 0.15) is 0 Å². The molecule has 0 saturated heterocycles. The molecule has 0 fully saturated rings. The molecular weight excluding hydrogens is 238 g/mol. The Labute approximate surface area is 94.9 Å². The van der Waals surface area contributed by atoms with E-state index in [2.05, 4.69) is 4.74 Å². The van der Waals surface area contributed by atoms with Crippen molar-refractivity contribution in [2.24, 2.45) is 0 Å².